The van der Waals surface area contributed by atoms with Gasteiger partial charge in [-0.15, -0.1) is 0 Å². The zero-order valence-electron chi connectivity index (χ0n) is 11.9. The minimum absolute atomic E-state index is 0.0203. The highest BCUT2D eigenvalue weighted by molar-refractivity contribution is 5.99. The van der Waals surface area contributed by atoms with E-state index in [2.05, 4.69) is 18.8 Å². The Balaban J connectivity index is 1.96. The number of para-hydroxylation sites is 1. The number of nitrogens with zero attached hydrogens (tertiary/aromatic N) is 2. The van der Waals surface area contributed by atoms with Gasteiger partial charge < -0.3 is 10.6 Å². The zero-order valence-corrected chi connectivity index (χ0v) is 11.9. The lowest BCUT2D eigenvalue weighted by Gasteiger charge is -2.19. The van der Waals surface area contributed by atoms with E-state index in [9.17, 15) is 4.79 Å². The molecule has 4 nitrogen and oxygen atoms in total. The van der Waals surface area contributed by atoms with Crippen molar-refractivity contribution in [2.24, 2.45) is 5.41 Å². The number of amides is 1. The molecule has 0 unspecified atom stereocenters. The van der Waals surface area contributed by atoms with Crippen molar-refractivity contribution in [3.63, 3.8) is 0 Å². The molecular weight excluding hydrogens is 250 g/mol. The predicted octanol–water partition coefficient (Wildman–Crippen LogP) is 2.69. The number of fused-ring (bicyclic) bond motifs is 1. The van der Waals surface area contributed by atoms with Crippen LogP contribution in [-0.2, 0) is 0 Å². The number of carbonyl (C=O) groups excluding carboxylic acids is 1. The number of nitrogen functional groups attached to an aromatic ring is 1. The fourth-order valence-corrected chi connectivity index (χ4v) is 2.76. The van der Waals surface area contributed by atoms with Crippen LogP contribution in [0.15, 0.2) is 30.3 Å². The first kappa shape index (κ1) is 12.9. The maximum Gasteiger partial charge on any atom is 0.272 e. The highest BCUT2D eigenvalue weighted by atomic mass is 16.2. The lowest BCUT2D eigenvalue weighted by atomic mass is 9.93. The first-order valence-corrected chi connectivity index (χ1v) is 6.91. The summed E-state index contributed by atoms with van der Waals surface area (Å²) in [7, 11) is 0. The van der Waals surface area contributed by atoms with Gasteiger partial charge in [-0.2, -0.15) is 0 Å². The molecule has 2 heterocycles. The Hall–Kier alpha value is -2.10. The third-order valence-corrected chi connectivity index (χ3v) is 3.93. The SMILES string of the molecule is CC1(C)CCN(C(=O)c2cc(N)c3ccccc3n2)C1. The summed E-state index contributed by atoms with van der Waals surface area (Å²) in [6.45, 7) is 5.94. The Morgan fingerprint density at radius 2 is 2.10 bits per heavy atom. The smallest absolute Gasteiger partial charge is 0.272 e. The first-order chi connectivity index (χ1) is 9.46. The molecule has 20 heavy (non-hydrogen) atoms. The van der Waals surface area contributed by atoms with Crippen molar-refractivity contribution in [1.82, 2.24) is 9.88 Å². The molecule has 0 atom stereocenters. The van der Waals surface area contributed by atoms with Gasteiger partial charge in [-0.3, -0.25) is 4.79 Å². The second-order valence-corrected chi connectivity index (χ2v) is 6.25. The van der Waals surface area contributed by atoms with E-state index in [1.165, 1.54) is 0 Å². The fourth-order valence-electron chi connectivity index (χ4n) is 2.76. The predicted molar refractivity (Wildman–Crippen MR) is 80.5 cm³/mol. The molecule has 0 spiro atoms. The van der Waals surface area contributed by atoms with E-state index in [0.29, 0.717) is 11.4 Å². The van der Waals surface area contributed by atoms with Crippen LogP contribution in [0.25, 0.3) is 10.9 Å². The van der Waals surface area contributed by atoms with Crippen LogP contribution in [0.3, 0.4) is 0 Å². The third-order valence-electron chi connectivity index (χ3n) is 3.93. The van der Waals surface area contributed by atoms with Crippen molar-refractivity contribution in [3.8, 4) is 0 Å². The van der Waals surface area contributed by atoms with Gasteiger partial charge in [-0.1, -0.05) is 32.0 Å². The minimum Gasteiger partial charge on any atom is -0.398 e. The summed E-state index contributed by atoms with van der Waals surface area (Å²) in [5, 5.41) is 0.894. The number of aromatic nitrogens is 1. The third kappa shape index (κ3) is 2.22. The molecule has 0 bridgehead atoms. The second-order valence-electron chi connectivity index (χ2n) is 6.25. The van der Waals surface area contributed by atoms with Gasteiger partial charge in [0.2, 0.25) is 0 Å². The summed E-state index contributed by atoms with van der Waals surface area (Å²) in [5.74, 6) is -0.0203. The molecule has 1 aliphatic heterocycles. The molecule has 0 saturated carbocycles. The monoisotopic (exact) mass is 269 g/mol. The Morgan fingerprint density at radius 3 is 2.80 bits per heavy atom. The zero-order chi connectivity index (χ0) is 14.3. The first-order valence-electron chi connectivity index (χ1n) is 6.91. The number of benzene rings is 1. The standard InChI is InChI=1S/C16H19N3O/c1-16(2)7-8-19(10-16)15(20)14-9-12(17)11-5-3-4-6-13(11)18-14/h3-6,9H,7-8,10H2,1-2H3,(H2,17,18). The van der Waals surface area contributed by atoms with Crippen molar-refractivity contribution < 1.29 is 4.79 Å². The number of hydrogen-bond acceptors (Lipinski definition) is 3. The summed E-state index contributed by atoms with van der Waals surface area (Å²) < 4.78 is 0. The lowest BCUT2D eigenvalue weighted by molar-refractivity contribution is 0.0773. The Bertz CT molecular complexity index is 678. The van der Waals surface area contributed by atoms with Gasteiger partial charge >= 0.3 is 0 Å². The number of carbonyl (C=O) groups is 1. The Morgan fingerprint density at radius 1 is 1.35 bits per heavy atom. The maximum absolute atomic E-state index is 12.5. The number of hydrogen-bond donors (Lipinski definition) is 1. The molecule has 3 rings (SSSR count). The summed E-state index contributed by atoms with van der Waals surface area (Å²) in [6, 6.07) is 9.32. The molecule has 1 fully saturated rings. The number of rotatable bonds is 1. The number of pyridine rings is 1. The largest absolute Gasteiger partial charge is 0.398 e. The van der Waals surface area contributed by atoms with E-state index in [-0.39, 0.29) is 11.3 Å². The Kier molecular flexibility index (Phi) is 2.89. The summed E-state index contributed by atoms with van der Waals surface area (Å²) in [5.41, 5.74) is 8.05. The van der Waals surface area contributed by atoms with Crippen molar-refractivity contribution >= 4 is 22.5 Å². The van der Waals surface area contributed by atoms with Gasteiger partial charge in [-0.05, 0) is 24.0 Å². The lowest BCUT2D eigenvalue weighted by Crippen LogP contribution is -2.31. The molecule has 1 aromatic carbocycles. The Labute approximate surface area is 118 Å². The van der Waals surface area contributed by atoms with Gasteiger partial charge in [0.25, 0.3) is 5.91 Å². The molecule has 0 radical (unpaired) electrons. The molecule has 1 aliphatic rings. The molecule has 104 valence electrons. The van der Waals surface area contributed by atoms with Crippen molar-refractivity contribution in [3.05, 3.63) is 36.0 Å². The van der Waals surface area contributed by atoms with E-state index in [1.54, 1.807) is 6.07 Å². The van der Waals surface area contributed by atoms with E-state index in [4.69, 9.17) is 5.73 Å². The molecule has 0 aliphatic carbocycles. The molecular formula is C16H19N3O. The van der Waals surface area contributed by atoms with Crippen LogP contribution in [-0.4, -0.2) is 28.9 Å². The quantitative estimate of drug-likeness (QED) is 0.866. The average molecular weight is 269 g/mol. The van der Waals surface area contributed by atoms with Gasteiger partial charge in [0, 0.05) is 24.2 Å². The molecule has 2 N–H and O–H groups in total. The van der Waals surface area contributed by atoms with Crippen molar-refractivity contribution in [1.29, 1.82) is 0 Å². The molecule has 1 saturated heterocycles. The van der Waals surface area contributed by atoms with Gasteiger partial charge in [0.05, 0.1) is 5.52 Å². The van der Waals surface area contributed by atoms with E-state index in [1.807, 2.05) is 29.2 Å². The fraction of sp³-hybridized carbons (Fsp3) is 0.375. The summed E-state index contributed by atoms with van der Waals surface area (Å²) >= 11 is 0. The maximum atomic E-state index is 12.5. The van der Waals surface area contributed by atoms with Crippen molar-refractivity contribution in [2.75, 3.05) is 18.8 Å². The van der Waals surface area contributed by atoms with Gasteiger partial charge in [0.15, 0.2) is 0 Å². The van der Waals surface area contributed by atoms with E-state index in [0.717, 1.165) is 30.4 Å². The van der Waals surface area contributed by atoms with Crippen LogP contribution in [0.5, 0.6) is 0 Å². The highest BCUT2D eigenvalue weighted by Crippen LogP contribution is 2.30. The summed E-state index contributed by atoms with van der Waals surface area (Å²) in [4.78, 5) is 18.9. The van der Waals surface area contributed by atoms with Crippen LogP contribution in [0.2, 0.25) is 0 Å². The highest BCUT2D eigenvalue weighted by Gasteiger charge is 2.33. The van der Waals surface area contributed by atoms with Crippen LogP contribution < -0.4 is 5.73 Å². The van der Waals surface area contributed by atoms with E-state index >= 15 is 0 Å². The topological polar surface area (TPSA) is 59.2 Å². The summed E-state index contributed by atoms with van der Waals surface area (Å²) in [6.07, 6.45) is 1.03. The normalized spacial score (nSPS) is 17.6. The van der Waals surface area contributed by atoms with Crippen LogP contribution in [0.1, 0.15) is 30.8 Å². The number of likely N-dealkylation sites (tertiary alicyclic amines) is 1. The average Bonchev–Trinajstić information content (AvgIpc) is 2.78. The second kappa shape index (κ2) is 4.47. The van der Waals surface area contributed by atoms with Gasteiger partial charge in [0.1, 0.15) is 5.69 Å². The minimum atomic E-state index is -0.0203. The van der Waals surface area contributed by atoms with Gasteiger partial charge in [-0.25, -0.2) is 4.98 Å². The van der Waals surface area contributed by atoms with Crippen molar-refractivity contribution in [2.45, 2.75) is 20.3 Å². The molecule has 2 aromatic rings. The molecule has 4 heteroatoms. The van der Waals surface area contributed by atoms with Crippen LogP contribution >= 0.6 is 0 Å². The molecule has 1 aromatic heterocycles. The van der Waals surface area contributed by atoms with Crippen LogP contribution in [0, 0.1) is 5.41 Å². The van der Waals surface area contributed by atoms with Crippen LogP contribution in [0.4, 0.5) is 5.69 Å². The number of nitrogens with two attached hydrogens (primary N) is 1. The van der Waals surface area contributed by atoms with E-state index < -0.39 is 0 Å². The number of anilines is 1. The molecule has 1 amide bonds.